The van der Waals surface area contributed by atoms with E-state index in [0.29, 0.717) is 11.4 Å². The van der Waals surface area contributed by atoms with Gasteiger partial charge in [0.15, 0.2) is 0 Å². The Kier molecular flexibility index (Phi) is 9.54. The Balaban J connectivity index is 1.67. The first-order chi connectivity index (χ1) is 16.7. The van der Waals surface area contributed by atoms with E-state index in [1.165, 1.54) is 29.2 Å². The first-order valence-electron chi connectivity index (χ1n) is 11.8. The van der Waals surface area contributed by atoms with E-state index in [-0.39, 0.29) is 11.9 Å². The Morgan fingerprint density at radius 3 is 2.40 bits per heavy atom. The average molecular weight is 502 g/mol. The van der Waals surface area contributed by atoms with Crippen LogP contribution < -0.4 is 15.5 Å². The number of rotatable bonds is 9. The number of halogens is 1. The van der Waals surface area contributed by atoms with Crippen LogP contribution in [0.1, 0.15) is 44.6 Å². The number of aryl methyl sites for hydroxylation is 1. The third-order valence-corrected chi connectivity index (χ3v) is 7.12. The molecule has 0 heterocycles. The van der Waals surface area contributed by atoms with E-state index in [1.54, 1.807) is 25.1 Å². The standard InChI is InChI=1S/C26H32FN3O4S/c1-18-7-6-10-23(15-18)30(19(2)26(33)29-21-8-4-3-5-9-21)25(32)17-35(34)16-24(31)28-22-13-11-20(27)12-14-22/h6-7,10-15,19,21H,3-5,8-9,16-17H2,1-2H3,(H,28,31)(H,29,33)/t19-,35-/m0/s1. The van der Waals surface area contributed by atoms with Crippen molar-refractivity contribution in [1.29, 1.82) is 0 Å². The van der Waals surface area contributed by atoms with Gasteiger partial charge in [-0.15, -0.1) is 0 Å². The largest absolute Gasteiger partial charge is 0.352 e. The summed E-state index contributed by atoms with van der Waals surface area (Å²) in [6.07, 6.45) is 5.14. The van der Waals surface area contributed by atoms with Gasteiger partial charge in [0.2, 0.25) is 17.7 Å². The molecule has 1 aliphatic rings. The van der Waals surface area contributed by atoms with Crippen LogP contribution in [0.5, 0.6) is 0 Å². The summed E-state index contributed by atoms with van der Waals surface area (Å²) in [6, 6.07) is 11.7. The molecule has 0 bridgehead atoms. The summed E-state index contributed by atoms with van der Waals surface area (Å²) in [5, 5.41) is 5.60. The third kappa shape index (κ3) is 7.99. The van der Waals surface area contributed by atoms with Gasteiger partial charge < -0.3 is 10.6 Å². The molecule has 0 aromatic heterocycles. The molecule has 7 nitrogen and oxygen atoms in total. The molecule has 1 aliphatic carbocycles. The van der Waals surface area contributed by atoms with Crippen molar-refractivity contribution in [2.45, 2.75) is 58.0 Å². The van der Waals surface area contributed by atoms with Crippen molar-refractivity contribution in [2.75, 3.05) is 21.7 Å². The average Bonchev–Trinajstić information content (AvgIpc) is 2.81. The van der Waals surface area contributed by atoms with Crippen molar-refractivity contribution in [3.63, 3.8) is 0 Å². The van der Waals surface area contributed by atoms with Gasteiger partial charge in [-0.2, -0.15) is 0 Å². The monoisotopic (exact) mass is 501 g/mol. The summed E-state index contributed by atoms with van der Waals surface area (Å²) in [7, 11) is -1.80. The number of nitrogens with zero attached hydrogens (tertiary/aromatic N) is 1. The van der Waals surface area contributed by atoms with Crippen molar-refractivity contribution in [3.05, 3.63) is 59.9 Å². The van der Waals surface area contributed by atoms with Gasteiger partial charge in [0.25, 0.3) is 0 Å². The van der Waals surface area contributed by atoms with E-state index in [0.717, 1.165) is 37.7 Å². The van der Waals surface area contributed by atoms with Crippen LogP contribution in [0.15, 0.2) is 48.5 Å². The Labute approximate surface area is 207 Å². The van der Waals surface area contributed by atoms with Gasteiger partial charge in [-0.3, -0.25) is 23.5 Å². The van der Waals surface area contributed by atoms with Crippen molar-refractivity contribution in [1.82, 2.24) is 5.32 Å². The maximum atomic E-state index is 13.3. The lowest BCUT2D eigenvalue weighted by atomic mass is 9.95. The number of anilines is 2. The fourth-order valence-electron chi connectivity index (χ4n) is 4.18. The number of hydrogen-bond donors (Lipinski definition) is 2. The maximum Gasteiger partial charge on any atom is 0.243 e. The number of carbonyl (C=O) groups excluding carboxylic acids is 3. The smallest absolute Gasteiger partial charge is 0.243 e. The second-order valence-electron chi connectivity index (χ2n) is 8.91. The summed E-state index contributed by atoms with van der Waals surface area (Å²) in [5.74, 6) is -2.55. The summed E-state index contributed by atoms with van der Waals surface area (Å²) >= 11 is 0. The first kappa shape index (κ1) is 26.5. The van der Waals surface area contributed by atoms with Gasteiger partial charge in [-0.1, -0.05) is 31.4 Å². The summed E-state index contributed by atoms with van der Waals surface area (Å²) in [5.41, 5.74) is 1.82. The third-order valence-electron chi connectivity index (χ3n) is 5.97. The van der Waals surface area contributed by atoms with Crippen LogP contribution >= 0.6 is 0 Å². The minimum atomic E-state index is -1.80. The molecule has 2 N–H and O–H groups in total. The lowest BCUT2D eigenvalue weighted by molar-refractivity contribution is -0.126. The lowest BCUT2D eigenvalue weighted by Gasteiger charge is -2.31. The van der Waals surface area contributed by atoms with E-state index < -0.39 is 46.0 Å². The van der Waals surface area contributed by atoms with E-state index in [1.807, 2.05) is 13.0 Å². The SMILES string of the molecule is Cc1cccc(N(C(=O)C[S@@](=O)CC(=O)Nc2ccc(F)cc2)[C@@H](C)C(=O)NC2CCCCC2)c1. The second-order valence-corrected chi connectivity index (χ2v) is 10.4. The highest BCUT2D eigenvalue weighted by Crippen LogP contribution is 2.21. The fourth-order valence-corrected chi connectivity index (χ4v) is 5.06. The van der Waals surface area contributed by atoms with Crippen LogP contribution in [-0.2, 0) is 25.2 Å². The Morgan fingerprint density at radius 1 is 1.06 bits per heavy atom. The molecule has 0 spiro atoms. The van der Waals surface area contributed by atoms with Gasteiger partial charge in [-0.05, 0) is 68.7 Å². The van der Waals surface area contributed by atoms with Gasteiger partial charge in [0.1, 0.15) is 23.4 Å². The molecule has 35 heavy (non-hydrogen) atoms. The van der Waals surface area contributed by atoms with Crippen LogP contribution in [0.25, 0.3) is 0 Å². The van der Waals surface area contributed by atoms with Gasteiger partial charge >= 0.3 is 0 Å². The van der Waals surface area contributed by atoms with Crippen molar-refractivity contribution < 1.29 is 23.0 Å². The minimum Gasteiger partial charge on any atom is -0.352 e. The topological polar surface area (TPSA) is 95.6 Å². The predicted molar refractivity (Wildman–Crippen MR) is 136 cm³/mol. The van der Waals surface area contributed by atoms with Gasteiger partial charge in [-0.25, -0.2) is 4.39 Å². The highest BCUT2D eigenvalue weighted by atomic mass is 32.2. The molecule has 1 saturated carbocycles. The zero-order valence-electron chi connectivity index (χ0n) is 20.1. The number of amides is 3. The molecule has 2 aromatic carbocycles. The van der Waals surface area contributed by atoms with Crippen LogP contribution in [0, 0.1) is 12.7 Å². The summed E-state index contributed by atoms with van der Waals surface area (Å²) in [6.45, 7) is 3.54. The molecule has 9 heteroatoms. The predicted octanol–water partition coefficient (Wildman–Crippen LogP) is 3.69. The zero-order chi connectivity index (χ0) is 25.4. The highest BCUT2D eigenvalue weighted by molar-refractivity contribution is 7.86. The molecular formula is C26H32FN3O4S. The Morgan fingerprint density at radius 2 is 1.74 bits per heavy atom. The quantitative estimate of drug-likeness (QED) is 0.548. The number of carbonyl (C=O) groups is 3. The summed E-state index contributed by atoms with van der Waals surface area (Å²) in [4.78, 5) is 39.9. The second kappa shape index (κ2) is 12.6. The lowest BCUT2D eigenvalue weighted by Crippen LogP contribution is -2.52. The molecule has 0 radical (unpaired) electrons. The molecule has 2 atom stereocenters. The Hall–Kier alpha value is -3.07. The first-order valence-corrected chi connectivity index (χ1v) is 13.3. The van der Waals surface area contributed by atoms with Crippen LogP contribution in [0.2, 0.25) is 0 Å². The number of benzene rings is 2. The number of hydrogen-bond acceptors (Lipinski definition) is 4. The highest BCUT2D eigenvalue weighted by Gasteiger charge is 2.30. The normalized spacial score (nSPS) is 15.6. The van der Waals surface area contributed by atoms with E-state index in [9.17, 15) is 23.0 Å². The van der Waals surface area contributed by atoms with Gasteiger partial charge in [0, 0.05) is 28.2 Å². The van der Waals surface area contributed by atoms with Gasteiger partial charge in [0.05, 0.1) is 0 Å². The van der Waals surface area contributed by atoms with Crippen LogP contribution in [-0.4, -0.2) is 45.5 Å². The van der Waals surface area contributed by atoms with Crippen LogP contribution in [0.4, 0.5) is 15.8 Å². The molecule has 0 unspecified atom stereocenters. The number of nitrogens with one attached hydrogen (secondary N) is 2. The molecule has 3 rings (SSSR count). The zero-order valence-corrected chi connectivity index (χ0v) is 20.9. The maximum absolute atomic E-state index is 13.3. The molecule has 1 fully saturated rings. The minimum absolute atomic E-state index is 0.0949. The van der Waals surface area contributed by atoms with E-state index in [4.69, 9.17) is 0 Å². The molecule has 188 valence electrons. The molecule has 2 aromatic rings. The van der Waals surface area contributed by atoms with Crippen LogP contribution in [0.3, 0.4) is 0 Å². The Bertz CT molecular complexity index is 1070. The van der Waals surface area contributed by atoms with E-state index in [2.05, 4.69) is 10.6 Å². The van der Waals surface area contributed by atoms with E-state index >= 15 is 0 Å². The van der Waals surface area contributed by atoms with Crippen molar-refractivity contribution in [2.24, 2.45) is 0 Å². The molecule has 0 saturated heterocycles. The van der Waals surface area contributed by atoms with Crippen molar-refractivity contribution in [3.8, 4) is 0 Å². The summed E-state index contributed by atoms with van der Waals surface area (Å²) < 4.78 is 25.7. The molecule has 3 amide bonds. The van der Waals surface area contributed by atoms with Crippen molar-refractivity contribution >= 4 is 39.9 Å². The molecular weight excluding hydrogens is 469 g/mol. The fraction of sp³-hybridized carbons (Fsp3) is 0.423. The molecule has 0 aliphatic heterocycles.